The number of hydrogen-bond acceptors (Lipinski definition) is 2. The monoisotopic (exact) mass is 287 g/mol. The van der Waals surface area contributed by atoms with Gasteiger partial charge < -0.3 is 4.74 Å². The van der Waals surface area contributed by atoms with Crippen LogP contribution < -0.4 is 9.72 Å². The fourth-order valence-corrected chi connectivity index (χ4v) is 2.72. The molecule has 106 valence electrons. The van der Waals surface area contributed by atoms with Crippen molar-refractivity contribution in [2.75, 3.05) is 7.11 Å². The van der Waals surface area contributed by atoms with Gasteiger partial charge in [-0.25, -0.2) is 9.97 Å². The quantitative estimate of drug-likeness (QED) is 0.525. The number of benzene rings is 3. The summed E-state index contributed by atoms with van der Waals surface area (Å²) >= 11 is 0. The lowest BCUT2D eigenvalue weighted by atomic mass is 10.0. The molecule has 0 amide bonds. The zero-order valence-corrected chi connectivity index (χ0v) is 12.2. The van der Waals surface area contributed by atoms with Crippen LogP contribution >= 0.6 is 0 Å². The highest BCUT2D eigenvalue weighted by atomic mass is 16.5. The molecule has 4 aromatic rings. The van der Waals surface area contributed by atoms with Crippen LogP contribution in [-0.4, -0.2) is 12.1 Å². The molecule has 3 heteroatoms. The molecule has 0 spiro atoms. The summed E-state index contributed by atoms with van der Waals surface area (Å²) in [7, 11) is 1.68. The van der Waals surface area contributed by atoms with E-state index in [1.807, 2.05) is 48.5 Å². The molecule has 0 aliphatic heterocycles. The van der Waals surface area contributed by atoms with Crippen LogP contribution in [0.25, 0.3) is 33.2 Å². The van der Waals surface area contributed by atoms with Crippen LogP contribution in [0.2, 0.25) is 0 Å². The minimum absolute atomic E-state index is 0.858. The van der Waals surface area contributed by atoms with Gasteiger partial charge in [0.15, 0.2) is 0 Å². The first kappa shape index (κ1) is 12.8. The molecule has 22 heavy (non-hydrogen) atoms. The Morgan fingerprint density at radius 2 is 1.59 bits per heavy atom. The number of H-pyrrole nitrogens is 1. The topological polar surface area (TPSA) is 36.3 Å². The number of hydrogen-bond donors (Lipinski definition) is 0. The highest BCUT2D eigenvalue weighted by molar-refractivity contribution is 5.92. The van der Waals surface area contributed by atoms with E-state index in [2.05, 4.69) is 23.2 Å². The van der Waals surface area contributed by atoms with Crippen LogP contribution in [0.1, 0.15) is 0 Å². The number of para-hydroxylation sites is 3. The first-order chi connectivity index (χ1) is 10.8. The van der Waals surface area contributed by atoms with Gasteiger partial charge in [0.2, 0.25) is 11.0 Å². The molecule has 0 saturated heterocycles. The molecule has 0 unspecified atom stereocenters. The number of aromatic amines is 1. The van der Waals surface area contributed by atoms with Crippen LogP contribution in [0.3, 0.4) is 0 Å². The van der Waals surface area contributed by atoms with Crippen molar-refractivity contribution in [3.05, 3.63) is 66.7 Å². The minimum Gasteiger partial charge on any atom is -0.497 e. The molecule has 0 aliphatic rings. The number of methoxy groups -OCH3 is 1. The van der Waals surface area contributed by atoms with Crippen LogP contribution in [0.15, 0.2) is 66.7 Å². The van der Waals surface area contributed by atoms with Gasteiger partial charge in [-0.15, -0.1) is 0 Å². The molecular formula is C19H15N2O+. The standard InChI is InChI=1S/C19H14N2O/c1-22-14-11-9-13(10-12-14)15-5-4-8-18-19(15)21-17-7-3-2-6-16(17)20-18/h2-12H,1H3/p+1. The maximum Gasteiger partial charge on any atom is 0.237 e. The summed E-state index contributed by atoms with van der Waals surface area (Å²) in [6.45, 7) is 0. The summed E-state index contributed by atoms with van der Waals surface area (Å²) < 4.78 is 5.23. The Morgan fingerprint density at radius 3 is 2.41 bits per heavy atom. The smallest absolute Gasteiger partial charge is 0.237 e. The zero-order valence-electron chi connectivity index (χ0n) is 12.2. The molecular weight excluding hydrogens is 272 g/mol. The van der Waals surface area contributed by atoms with E-state index in [0.29, 0.717) is 0 Å². The van der Waals surface area contributed by atoms with Gasteiger partial charge in [-0.05, 0) is 35.9 Å². The summed E-state index contributed by atoms with van der Waals surface area (Å²) in [4.78, 5) is 8.25. The Balaban J connectivity index is 1.98. The number of fused-ring (bicyclic) bond motifs is 2. The molecule has 1 heterocycles. The molecule has 0 radical (unpaired) electrons. The van der Waals surface area contributed by atoms with Gasteiger partial charge in [0.25, 0.3) is 0 Å². The molecule has 3 aromatic carbocycles. The van der Waals surface area contributed by atoms with Gasteiger partial charge in [-0.3, -0.25) is 0 Å². The highest BCUT2D eigenvalue weighted by Gasteiger charge is 2.13. The maximum atomic E-state index is 5.23. The first-order valence-corrected chi connectivity index (χ1v) is 7.20. The largest absolute Gasteiger partial charge is 0.497 e. The van der Waals surface area contributed by atoms with Crippen molar-refractivity contribution >= 4 is 22.1 Å². The highest BCUT2D eigenvalue weighted by Crippen LogP contribution is 2.27. The molecule has 1 N–H and O–H groups in total. The van der Waals surface area contributed by atoms with Crippen molar-refractivity contribution in [2.24, 2.45) is 0 Å². The van der Waals surface area contributed by atoms with Crippen LogP contribution in [-0.2, 0) is 0 Å². The van der Waals surface area contributed by atoms with Gasteiger partial charge in [-0.2, -0.15) is 0 Å². The molecule has 0 bridgehead atoms. The van der Waals surface area contributed by atoms with Gasteiger partial charge in [0, 0.05) is 6.07 Å². The van der Waals surface area contributed by atoms with E-state index < -0.39 is 0 Å². The molecule has 4 rings (SSSR count). The van der Waals surface area contributed by atoms with E-state index in [0.717, 1.165) is 38.9 Å². The van der Waals surface area contributed by atoms with Gasteiger partial charge in [-0.1, -0.05) is 30.3 Å². The van der Waals surface area contributed by atoms with E-state index in [1.165, 1.54) is 0 Å². The number of nitrogens with zero attached hydrogens (tertiary/aromatic N) is 1. The fourth-order valence-electron chi connectivity index (χ4n) is 2.72. The second kappa shape index (κ2) is 5.11. The minimum atomic E-state index is 0.858. The van der Waals surface area contributed by atoms with Crippen molar-refractivity contribution in [2.45, 2.75) is 0 Å². The van der Waals surface area contributed by atoms with Crippen molar-refractivity contribution in [1.82, 2.24) is 4.98 Å². The van der Waals surface area contributed by atoms with E-state index in [9.17, 15) is 0 Å². The van der Waals surface area contributed by atoms with Gasteiger partial charge in [0.05, 0.1) is 12.7 Å². The molecule has 3 nitrogen and oxygen atoms in total. The Kier molecular flexibility index (Phi) is 2.97. The Labute approximate surface area is 128 Å². The van der Waals surface area contributed by atoms with E-state index in [-0.39, 0.29) is 0 Å². The first-order valence-electron chi connectivity index (χ1n) is 7.20. The van der Waals surface area contributed by atoms with Gasteiger partial charge >= 0.3 is 0 Å². The Hall–Kier alpha value is -2.94. The summed E-state index contributed by atoms with van der Waals surface area (Å²) in [6, 6.07) is 22.3. The average molecular weight is 287 g/mol. The molecule has 0 fully saturated rings. The molecule has 1 aromatic heterocycles. The normalized spacial score (nSPS) is 11.0. The number of nitrogens with one attached hydrogen (secondary N) is 1. The molecule has 0 atom stereocenters. The second-order valence-corrected chi connectivity index (χ2v) is 5.18. The lowest BCUT2D eigenvalue weighted by Crippen LogP contribution is -2.08. The lowest BCUT2D eigenvalue weighted by Gasteiger charge is -2.04. The average Bonchev–Trinajstić information content (AvgIpc) is 2.59. The number of aromatic nitrogens is 2. The van der Waals surface area contributed by atoms with E-state index >= 15 is 0 Å². The van der Waals surface area contributed by atoms with Crippen molar-refractivity contribution < 1.29 is 9.72 Å². The van der Waals surface area contributed by atoms with E-state index in [1.54, 1.807) is 7.11 Å². The van der Waals surface area contributed by atoms with E-state index in [4.69, 9.17) is 9.72 Å². The van der Waals surface area contributed by atoms with Crippen LogP contribution in [0.5, 0.6) is 5.75 Å². The number of rotatable bonds is 2. The Bertz CT molecular complexity index is 962. The van der Waals surface area contributed by atoms with Crippen molar-refractivity contribution in [3.8, 4) is 16.9 Å². The SMILES string of the molecule is COc1ccc(-c2cccc3nc4ccccc4[nH+]c23)cc1. The zero-order chi connectivity index (χ0) is 14.9. The predicted molar refractivity (Wildman–Crippen MR) is 87.8 cm³/mol. The third-order valence-corrected chi connectivity index (χ3v) is 3.85. The third kappa shape index (κ3) is 2.07. The predicted octanol–water partition coefficient (Wildman–Crippen LogP) is 3.88. The van der Waals surface area contributed by atoms with Crippen LogP contribution in [0, 0.1) is 0 Å². The van der Waals surface area contributed by atoms with Crippen LogP contribution in [0.4, 0.5) is 0 Å². The second-order valence-electron chi connectivity index (χ2n) is 5.18. The Morgan fingerprint density at radius 1 is 0.818 bits per heavy atom. The summed E-state index contributed by atoms with van der Waals surface area (Å²) in [6.07, 6.45) is 0. The maximum absolute atomic E-state index is 5.23. The van der Waals surface area contributed by atoms with Gasteiger partial charge in [0.1, 0.15) is 16.8 Å². The lowest BCUT2D eigenvalue weighted by molar-refractivity contribution is -0.310. The molecule has 0 saturated carbocycles. The molecule has 0 aliphatic carbocycles. The summed E-state index contributed by atoms with van der Waals surface area (Å²) in [5.74, 6) is 0.858. The summed E-state index contributed by atoms with van der Waals surface area (Å²) in [5.41, 5.74) is 6.30. The van der Waals surface area contributed by atoms with Crippen molar-refractivity contribution in [3.63, 3.8) is 0 Å². The number of ether oxygens (including phenoxy) is 1. The fraction of sp³-hybridized carbons (Fsp3) is 0.0526. The third-order valence-electron chi connectivity index (χ3n) is 3.85. The van der Waals surface area contributed by atoms with Crippen molar-refractivity contribution in [1.29, 1.82) is 0 Å². The summed E-state index contributed by atoms with van der Waals surface area (Å²) in [5, 5.41) is 0.